The van der Waals surface area contributed by atoms with E-state index in [-0.39, 0.29) is 11.8 Å². The fourth-order valence-corrected chi connectivity index (χ4v) is 8.53. The van der Waals surface area contributed by atoms with Crippen molar-refractivity contribution in [3.63, 3.8) is 0 Å². The summed E-state index contributed by atoms with van der Waals surface area (Å²) in [6.07, 6.45) is 9.43. The Morgan fingerprint density at radius 2 is 1.97 bits per heavy atom. The van der Waals surface area contributed by atoms with E-state index in [1.54, 1.807) is 13.8 Å². The van der Waals surface area contributed by atoms with Gasteiger partial charge < -0.3 is 5.11 Å². The summed E-state index contributed by atoms with van der Waals surface area (Å²) < 4.78 is 30.9. The molecule has 4 atom stereocenters. The van der Waals surface area contributed by atoms with E-state index in [1.807, 2.05) is 6.08 Å². The predicted molar refractivity (Wildman–Crippen MR) is 132 cm³/mol. The molecule has 0 aromatic heterocycles. The van der Waals surface area contributed by atoms with Crippen LogP contribution in [0.3, 0.4) is 0 Å². The first-order chi connectivity index (χ1) is 16.6. The van der Waals surface area contributed by atoms with E-state index in [9.17, 15) is 23.6 Å². The summed E-state index contributed by atoms with van der Waals surface area (Å²) in [5.41, 5.74) is 4.22. The Labute approximate surface area is 209 Å². The van der Waals surface area contributed by atoms with Crippen LogP contribution in [0.4, 0.5) is 0 Å². The summed E-state index contributed by atoms with van der Waals surface area (Å²) in [5.74, 6) is 0.0446. The summed E-state index contributed by atoms with van der Waals surface area (Å²) in [7, 11) is -3.87. The summed E-state index contributed by atoms with van der Waals surface area (Å²) in [6, 6.07) is 2.32. The van der Waals surface area contributed by atoms with Crippen molar-refractivity contribution in [3.8, 4) is 6.07 Å². The molecule has 0 radical (unpaired) electrons. The number of nitriles is 1. The minimum atomic E-state index is -3.87. The maximum absolute atomic E-state index is 12.3. The lowest BCUT2D eigenvalue weighted by molar-refractivity contribution is -0.143. The maximum Gasteiger partial charge on any atom is 0.404 e. The number of fused-ring (bicyclic) bond motifs is 4. The highest BCUT2D eigenvalue weighted by Gasteiger charge is 2.61. The van der Waals surface area contributed by atoms with E-state index in [2.05, 4.69) is 18.1 Å². The van der Waals surface area contributed by atoms with Gasteiger partial charge in [0.1, 0.15) is 0 Å². The van der Waals surface area contributed by atoms with Gasteiger partial charge in [-0.25, -0.2) is 0 Å². The molecule has 35 heavy (non-hydrogen) atoms. The van der Waals surface area contributed by atoms with Crippen LogP contribution >= 0.6 is 0 Å². The molecular weight excluding hydrogens is 466 g/mol. The second-order valence-electron chi connectivity index (χ2n) is 10.8. The third-order valence-corrected chi connectivity index (χ3v) is 10.9. The van der Waals surface area contributed by atoms with Crippen LogP contribution in [0.1, 0.15) is 85.0 Å². The highest BCUT2D eigenvalue weighted by Crippen LogP contribution is 2.68. The van der Waals surface area contributed by atoms with Crippen molar-refractivity contribution in [3.05, 3.63) is 22.8 Å². The lowest BCUT2D eigenvalue weighted by Crippen LogP contribution is -2.46. The number of carboxylic acid groups (broad SMARTS) is 1. The van der Waals surface area contributed by atoms with Gasteiger partial charge in [0, 0.05) is 19.5 Å². The highest BCUT2D eigenvalue weighted by atomic mass is 32.2. The van der Waals surface area contributed by atoms with Crippen LogP contribution in [0.5, 0.6) is 0 Å². The molecule has 2 unspecified atom stereocenters. The molecule has 0 saturated heterocycles. The molecule has 4 aliphatic rings. The predicted octanol–water partition coefficient (Wildman–Crippen LogP) is 4.96. The van der Waals surface area contributed by atoms with Gasteiger partial charge in [-0.2, -0.15) is 18.0 Å². The van der Waals surface area contributed by atoms with Gasteiger partial charge in [0.2, 0.25) is 0 Å². The summed E-state index contributed by atoms with van der Waals surface area (Å²) >= 11 is 0. The van der Waals surface area contributed by atoms with E-state index >= 15 is 0 Å². The first-order valence-corrected chi connectivity index (χ1v) is 14.2. The zero-order valence-electron chi connectivity index (χ0n) is 21.0. The number of oxime groups is 1. The summed E-state index contributed by atoms with van der Waals surface area (Å²) in [5, 5.41) is 23.2. The molecule has 2 fully saturated rings. The van der Waals surface area contributed by atoms with Crippen LogP contribution in [0.25, 0.3) is 0 Å². The SMILES string of the molecule is CCN(CC)S(=O)(=O)ON=C1C=C2CCC3C(=C2CC1)CC[C@@]1(C)C3CC[C@]1(CC#N)CC(=O)O. The van der Waals surface area contributed by atoms with Crippen LogP contribution in [0.15, 0.2) is 28.0 Å². The molecule has 1 N–H and O–H groups in total. The van der Waals surface area contributed by atoms with Crippen LogP contribution in [0, 0.1) is 34.0 Å². The van der Waals surface area contributed by atoms with Crippen molar-refractivity contribution < 1.29 is 22.6 Å². The zero-order chi connectivity index (χ0) is 25.4. The molecule has 0 aliphatic heterocycles. The molecule has 4 aliphatic carbocycles. The molecule has 0 bridgehead atoms. The molecule has 0 spiro atoms. The van der Waals surface area contributed by atoms with Crippen molar-refractivity contribution in [2.75, 3.05) is 13.1 Å². The first kappa shape index (κ1) is 25.9. The van der Waals surface area contributed by atoms with Crippen molar-refractivity contribution in [1.29, 1.82) is 5.26 Å². The number of rotatable bonds is 8. The van der Waals surface area contributed by atoms with Crippen LogP contribution in [-0.2, 0) is 19.4 Å². The van der Waals surface area contributed by atoms with Crippen molar-refractivity contribution in [2.45, 2.75) is 85.0 Å². The summed E-state index contributed by atoms with van der Waals surface area (Å²) in [4.78, 5) is 11.8. The number of nitrogens with zero attached hydrogens (tertiary/aromatic N) is 3. The maximum atomic E-state index is 12.3. The normalized spacial score (nSPS) is 33.6. The second kappa shape index (κ2) is 9.70. The molecule has 0 heterocycles. The summed E-state index contributed by atoms with van der Waals surface area (Å²) in [6.45, 7) is 6.46. The van der Waals surface area contributed by atoms with E-state index < -0.39 is 21.7 Å². The van der Waals surface area contributed by atoms with Gasteiger partial charge in [0.15, 0.2) is 0 Å². The van der Waals surface area contributed by atoms with Gasteiger partial charge in [-0.15, -0.1) is 0 Å². The fourth-order valence-electron chi connectivity index (χ4n) is 7.61. The van der Waals surface area contributed by atoms with Crippen LogP contribution in [-0.4, -0.2) is 42.6 Å². The number of hydrogen-bond acceptors (Lipinski definition) is 6. The molecule has 0 aromatic carbocycles. The third kappa shape index (κ3) is 4.44. The number of carbonyl (C=O) groups is 1. The molecule has 4 rings (SSSR count). The Hall–Kier alpha value is -2.18. The van der Waals surface area contributed by atoms with Gasteiger partial charge in [-0.1, -0.05) is 31.5 Å². The zero-order valence-corrected chi connectivity index (χ0v) is 21.9. The van der Waals surface area contributed by atoms with Crippen molar-refractivity contribution >= 4 is 22.0 Å². The smallest absolute Gasteiger partial charge is 0.404 e. The Morgan fingerprint density at radius 1 is 1.23 bits per heavy atom. The average molecular weight is 504 g/mol. The van der Waals surface area contributed by atoms with Gasteiger partial charge in [-0.3, -0.25) is 9.08 Å². The molecular formula is C26H37N3O5S. The van der Waals surface area contributed by atoms with Gasteiger partial charge in [0.25, 0.3) is 0 Å². The first-order valence-electron chi connectivity index (χ1n) is 12.9. The molecule has 192 valence electrons. The van der Waals surface area contributed by atoms with Gasteiger partial charge in [-0.05, 0) is 91.3 Å². The molecule has 8 nitrogen and oxygen atoms in total. The number of allylic oxidation sites excluding steroid dienone is 4. The topological polar surface area (TPSA) is 120 Å². The minimum absolute atomic E-state index is 0.0769. The Bertz CT molecular complexity index is 1110. The lowest BCUT2D eigenvalue weighted by Gasteiger charge is -2.53. The van der Waals surface area contributed by atoms with Crippen molar-refractivity contribution in [1.82, 2.24) is 4.31 Å². The van der Waals surface area contributed by atoms with Crippen LogP contribution in [0.2, 0.25) is 0 Å². The fraction of sp³-hybridized carbons (Fsp3) is 0.731. The average Bonchev–Trinajstić information content (AvgIpc) is 3.09. The molecule has 0 amide bonds. The Balaban J connectivity index is 1.58. The molecule has 2 saturated carbocycles. The van der Waals surface area contributed by atoms with E-state index in [4.69, 9.17) is 4.28 Å². The Morgan fingerprint density at radius 3 is 2.63 bits per heavy atom. The number of aliphatic carboxylic acids is 1. The number of carboxylic acids is 1. The number of hydrogen-bond donors (Lipinski definition) is 1. The highest BCUT2D eigenvalue weighted by molar-refractivity contribution is 7.84. The minimum Gasteiger partial charge on any atom is -0.481 e. The van der Waals surface area contributed by atoms with E-state index in [0.717, 1.165) is 44.9 Å². The van der Waals surface area contributed by atoms with Crippen molar-refractivity contribution in [2.24, 2.45) is 27.8 Å². The van der Waals surface area contributed by atoms with Gasteiger partial charge in [0.05, 0.1) is 18.2 Å². The quantitative estimate of drug-likeness (QED) is 0.468. The second-order valence-corrected chi connectivity index (χ2v) is 12.3. The molecule has 0 aromatic rings. The largest absolute Gasteiger partial charge is 0.481 e. The van der Waals surface area contributed by atoms with Gasteiger partial charge >= 0.3 is 16.3 Å². The van der Waals surface area contributed by atoms with Crippen LogP contribution < -0.4 is 0 Å². The van der Waals surface area contributed by atoms with E-state index in [1.165, 1.54) is 21.0 Å². The Kier molecular flexibility index (Phi) is 7.18. The monoisotopic (exact) mass is 503 g/mol. The lowest BCUT2D eigenvalue weighted by atomic mass is 9.51. The third-order valence-electron chi connectivity index (χ3n) is 9.46. The molecule has 9 heteroatoms. The van der Waals surface area contributed by atoms with E-state index in [0.29, 0.717) is 43.5 Å². The standard InChI is InChI=1S/C26H37N3O5S/c1-4-29(5-2)35(32,33)34-28-19-7-9-20-18(16-19)6-8-22-21(20)10-12-25(3)23(22)11-13-26(25,14-15-27)17-24(30)31/h16,22-23H,4-14,17H2,1-3H3,(H,30,31)/t22?,23?,25-,26-/m0/s1.